The fourth-order valence-electron chi connectivity index (χ4n) is 1.87. The zero-order valence-corrected chi connectivity index (χ0v) is 9.02. The second kappa shape index (κ2) is 4.83. The highest BCUT2D eigenvalue weighted by atomic mass is 15.1. The summed E-state index contributed by atoms with van der Waals surface area (Å²) in [6.07, 6.45) is 6.84. The van der Waals surface area contributed by atoms with Gasteiger partial charge in [-0.15, -0.1) is 0 Å². The molecule has 0 bridgehead atoms. The molecule has 0 aromatic heterocycles. The molecule has 1 heteroatoms. The second-order valence-corrected chi connectivity index (χ2v) is 3.93. The molecule has 1 aliphatic heterocycles. The summed E-state index contributed by atoms with van der Waals surface area (Å²) in [5, 5.41) is 0. The normalized spacial score (nSPS) is 16.1. The van der Waals surface area contributed by atoms with E-state index in [4.69, 9.17) is 0 Å². The smallest absolute Gasteiger partial charge is 0.0293 e. The molecule has 0 saturated carbocycles. The Morgan fingerprint density at radius 3 is 2.47 bits per heavy atom. The van der Waals surface area contributed by atoms with Crippen molar-refractivity contribution < 1.29 is 0 Å². The molecule has 0 amide bonds. The molecule has 1 heterocycles. The fourth-order valence-corrected chi connectivity index (χ4v) is 1.87. The summed E-state index contributed by atoms with van der Waals surface area (Å²) in [6.45, 7) is 6.42. The minimum atomic E-state index is 1.14. The molecule has 0 N–H and O–H groups in total. The van der Waals surface area contributed by atoms with Crippen LogP contribution in [0.5, 0.6) is 0 Å². The molecule has 0 spiro atoms. The topological polar surface area (TPSA) is 3.24 Å². The van der Waals surface area contributed by atoms with E-state index in [-0.39, 0.29) is 0 Å². The van der Waals surface area contributed by atoms with Gasteiger partial charge in [0.25, 0.3) is 0 Å². The van der Waals surface area contributed by atoms with Gasteiger partial charge >= 0.3 is 0 Å². The van der Waals surface area contributed by atoms with Crippen molar-refractivity contribution in [1.82, 2.24) is 4.90 Å². The van der Waals surface area contributed by atoms with Gasteiger partial charge in [-0.05, 0) is 24.5 Å². The third-order valence-corrected chi connectivity index (χ3v) is 2.78. The number of likely N-dealkylation sites (tertiary alicyclic amines) is 1. The third-order valence-electron chi connectivity index (χ3n) is 2.78. The van der Waals surface area contributed by atoms with Gasteiger partial charge < -0.3 is 4.90 Å². The molecule has 1 saturated heterocycles. The Kier molecular flexibility index (Phi) is 3.23. The van der Waals surface area contributed by atoms with E-state index in [2.05, 4.69) is 47.9 Å². The van der Waals surface area contributed by atoms with Gasteiger partial charge in [0, 0.05) is 18.8 Å². The summed E-state index contributed by atoms with van der Waals surface area (Å²) in [5.41, 5.74) is 2.37. The molecule has 15 heavy (non-hydrogen) atoms. The molecular weight excluding hydrogens is 182 g/mol. The highest BCUT2D eigenvalue weighted by Gasteiger charge is 2.10. The molecule has 1 aromatic rings. The predicted molar refractivity (Wildman–Crippen MR) is 65.4 cm³/mol. The molecule has 0 unspecified atom stereocenters. The summed E-state index contributed by atoms with van der Waals surface area (Å²) < 4.78 is 0. The standard InChI is InChI=1S/C14H17N/c1-13(15-11-5-6-12-15)9-10-14-7-3-2-4-8-14/h2-4,7-10H,1,5-6,11-12H2/b10-9+. The van der Waals surface area contributed by atoms with Crippen LogP contribution in [0.2, 0.25) is 0 Å². The second-order valence-electron chi connectivity index (χ2n) is 3.93. The van der Waals surface area contributed by atoms with Crippen molar-refractivity contribution in [2.75, 3.05) is 13.1 Å². The largest absolute Gasteiger partial charge is 0.372 e. The van der Waals surface area contributed by atoms with E-state index in [1.54, 1.807) is 0 Å². The average Bonchev–Trinajstić information content (AvgIpc) is 2.81. The van der Waals surface area contributed by atoms with Crippen LogP contribution in [0.4, 0.5) is 0 Å². The summed E-state index contributed by atoms with van der Waals surface area (Å²) in [6, 6.07) is 10.4. The lowest BCUT2D eigenvalue weighted by Gasteiger charge is -2.16. The first-order chi connectivity index (χ1) is 7.36. The monoisotopic (exact) mass is 199 g/mol. The summed E-state index contributed by atoms with van der Waals surface area (Å²) in [5.74, 6) is 0. The molecule has 1 aliphatic rings. The number of benzene rings is 1. The van der Waals surface area contributed by atoms with Crippen LogP contribution >= 0.6 is 0 Å². The highest BCUT2D eigenvalue weighted by Crippen LogP contribution is 2.15. The van der Waals surface area contributed by atoms with Crippen LogP contribution < -0.4 is 0 Å². The van der Waals surface area contributed by atoms with Gasteiger partial charge in [0.2, 0.25) is 0 Å². The van der Waals surface area contributed by atoms with Crippen molar-refractivity contribution in [3.63, 3.8) is 0 Å². The lowest BCUT2D eigenvalue weighted by molar-refractivity contribution is 0.443. The van der Waals surface area contributed by atoms with Crippen LogP contribution in [0, 0.1) is 0 Å². The van der Waals surface area contributed by atoms with Crippen molar-refractivity contribution in [2.24, 2.45) is 0 Å². The van der Waals surface area contributed by atoms with Gasteiger partial charge in [-0.2, -0.15) is 0 Å². The van der Waals surface area contributed by atoms with E-state index in [1.807, 2.05) is 6.07 Å². The summed E-state index contributed by atoms with van der Waals surface area (Å²) >= 11 is 0. The maximum absolute atomic E-state index is 4.09. The molecule has 0 atom stereocenters. The highest BCUT2D eigenvalue weighted by molar-refractivity contribution is 5.52. The zero-order chi connectivity index (χ0) is 10.5. The Labute approximate surface area is 91.7 Å². The molecule has 1 nitrogen and oxygen atoms in total. The SMILES string of the molecule is C=C(/C=C/c1ccccc1)N1CCCC1. The quantitative estimate of drug-likeness (QED) is 0.675. The third kappa shape index (κ3) is 2.72. The van der Waals surface area contributed by atoms with Crippen molar-refractivity contribution >= 4 is 6.08 Å². The van der Waals surface area contributed by atoms with Gasteiger partial charge in [0.15, 0.2) is 0 Å². The van der Waals surface area contributed by atoms with Crippen LogP contribution in [0.1, 0.15) is 18.4 Å². The first kappa shape index (κ1) is 10.0. The van der Waals surface area contributed by atoms with Crippen LogP contribution in [0.25, 0.3) is 6.08 Å². The molecule has 78 valence electrons. The van der Waals surface area contributed by atoms with E-state index >= 15 is 0 Å². The molecule has 0 aliphatic carbocycles. The van der Waals surface area contributed by atoms with Gasteiger partial charge in [0.1, 0.15) is 0 Å². The van der Waals surface area contributed by atoms with Crippen molar-refractivity contribution in [1.29, 1.82) is 0 Å². The Balaban J connectivity index is 1.96. The van der Waals surface area contributed by atoms with Crippen molar-refractivity contribution in [3.8, 4) is 0 Å². The molecule has 2 rings (SSSR count). The Morgan fingerprint density at radius 1 is 1.13 bits per heavy atom. The fraction of sp³-hybridized carbons (Fsp3) is 0.286. The Hall–Kier alpha value is -1.50. The van der Waals surface area contributed by atoms with Gasteiger partial charge in [0.05, 0.1) is 0 Å². The van der Waals surface area contributed by atoms with E-state index in [1.165, 1.54) is 18.4 Å². The maximum Gasteiger partial charge on any atom is 0.0293 e. The van der Waals surface area contributed by atoms with E-state index in [9.17, 15) is 0 Å². The summed E-state index contributed by atoms with van der Waals surface area (Å²) in [7, 11) is 0. The molecular formula is C14H17N. The van der Waals surface area contributed by atoms with E-state index in [0.717, 1.165) is 18.8 Å². The minimum Gasteiger partial charge on any atom is -0.372 e. The van der Waals surface area contributed by atoms with Crippen LogP contribution in [-0.2, 0) is 0 Å². The molecule has 1 fully saturated rings. The van der Waals surface area contributed by atoms with Gasteiger partial charge in [-0.25, -0.2) is 0 Å². The Bertz CT molecular complexity index is 345. The number of allylic oxidation sites excluding steroid dienone is 1. The number of nitrogens with zero attached hydrogens (tertiary/aromatic N) is 1. The zero-order valence-electron chi connectivity index (χ0n) is 9.02. The van der Waals surface area contributed by atoms with E-state index in [0.29, 0.717) is 0 Å². The van der Waals surface area contributed by atoms with E-state index < -0.39 is 0 Å². The summed E-state index contributed by atoms with van der Waals surface area (Å²) in [4.78, 5) is 2.35. The Morgan fingerprint density at radius 2 is 1.80 bits per heavy atom. The number of hydrogen-bond donors (Lipinski definition) is 0. The number of hydrogen-bond acceptors (Lipinski definition) is 1. The molecule has 0 radical (unpaired) electrons. The van der Waals surface area contributed by atoms with Gasteiger partial charge in [-0.3, -0.25) is 0 Å². The minimum absolute atomic E-state index is 1.14. The first-order valence-electron chi connectivity index (χ1n) is 5.53. The maximum atomic E-state index is 4.09. The van der Waals surface area contributed by atoms with Crippen molar-refractivity contribution in [2.45, 2.75) is 12.8 Å². The van der Waals surface area contributed by atoms with Crippen LogP contribution in [-0.4, -0.2) is 18.0 Å². The lowest BCUT2D eigenvalue weighted by Crippen LogP contribution is -2.15. The van der Waals surface area contributed by atoms with Gasteiger partial charge in [-0.1, -0.05) is 43.0 Å². The average molecular weight is 199 g/mol. The van der Waals surface area contributed by atoms with Crippen LogP contribution in [0.3, 0.4) is 0 Å². The van der Waals surface area contributed by atoms with Crippen molar-refractivity contribution in [3.05, 3.63) is 54.2 Å². The van der Waals surface area contributed by atoms with Crippen LogP contribution in [0.15, 0.2) is 48.7 Å². The predicted octanol–water partition coefficient (Wildman–Crippen LogP) is 3.31. The number of rotatable bonds is 3. The lowest BCUT2D eigenvalue weighted by atomic mass is 10.2. The molecule has 1 aromatic carbocycles. The first-order valence-corrected chi connectivity index (χ1v) is 5.53.